The first-order valence-corrected chi connectivity index (χ1v) is 7.89. The maximum atomic E-state index is 12.3. The van der Waals surface area contributed by atoms with Crippen LogP contribution < -0.4 is 5.32 Å². The maximum Gasteiger partial charge on any atom is 0.226 e. The number of rotatable bonds is 5. The van der Waals surface area contributed by atoms with E-state index in [0.29, 0.717) is 25.6 Å². The molecule has 5 heteroatoms. The Morgan fingerprint density at radius 1 is 1.26 bits per heavy atom. The summed E-state index contributed by atoms with van der Waals surface area (Å²) in [4.78, 5) is 20.6. The highest BCUT2D eigenvalue weighted by Gasteiger charge is 2.29. The highest BCUT2D eigenvalue weighted by atomic mass is 16.5. The van der Waals surface area contributed by atoms with Crippen LogP contribution in [0.3, 0.4) is 0 Å². The molecule has 0 spiro atoms. The van der Waals surface area contributed by atoms with E-state index in [9.17, 15) is 4.79 Å². The smallest absolute Gasteiger partial charge is 0.226 e. The summed E-state index contributed by atoms with van der Waals surface area (Å²) in [6.07, 6.45) is 6.51. The number of ether oxygens (including phenoxy) is 1. The van der Waals surface area contributed by atoms with Crippen LogP contribution in [0.1, 0.15) is 16.8 Å². The third-order valence-electron chi connectivity index (χ3n) is 4.24. The van der Waals surface area contributed by atoms with Gasteiger partial charge in [-0.25, -0.2) is 0 Å². The molecule has 1 N–H and O–H groups in total. The summed E-state index contributed by atoms with van der Waals surface area (Å²) in [5.74, 6) is 0.299. The Kier molecular flexibility index (Phi) is 4.98. The topological polar surface area (TPSA) is 64.1 Å². The molecule has 0 unspecified atom stereocenters. The summed E-state index contributed by atoms with van der Waals surface area (Å²) in [5.41, 5.74) is 3.09. The number of pyridine rings is 2. The van der Waals surface area contributed by atoms with Crippen molar-refractivity contribution >= 4 is 5.91 Å². The predicted molar refractivity (Wildman–Crippen MR) is 86.9 cm³/mol. The first-order chi connectivity index (χ1) is 11.2. The molecule has 3 rings (SSSR count). The minimum atomic E-state index is 0.00188. The van der Waals surface area contributed by atoms with E-state index >= 15 is 0 Å². The van der Waals surface area contributed by atoms with Gasteiger partial charge in [0.2, 0.25) is 5.91 Å². The Bertz CT molecular complexity index is 660. The molecule has 3 heterocycles. The number of aromatic nitrogens is 2. The van der Waals surface area contributed by atoms with E-state index in [-0.39, 0.29) is 11.9 Å². The monoisotopic (exact) mass is 311 g/mol. The van der Waals surface area contributed by atoms with Gasteiger partial charge in [0.1, 0.15) is 0 Å². The van der Waals surface area contributed by atoms with Crippen molar-refractivity contribution in [1.29, 1.82) is 0 Å². The minimum absolute atomic E-state index is 0.00188. The Morgan fingerprint density at radius 3 is 2.87 bits per heavy atom. The molecule has 1 aliphatic rings. The van der Waals surface area contributed by atoms with Crippen LogP contribution >= 0.6 is 0 Å². The van der Waals surface area contributed by atoms with Crippen molar-refractivity contribution in [3.05, 3.63) is 59.7 Å². The zero-order valence-corrected chi connectivity index (χ0v) is 13.2. The van der Waals surface area contributed by atoms with Crippen LogP contribution in [0.5, 0.6) is 0 Å². The highest BCUT2D eigenvalue weighted by Crippen LogP contribution is 2.19. The summed E-state index contributed by atoms with van der Waals surface area (Å²) in [6, 6.07) is 7.93. The fourth-order valence-corrected chi connectivity index (χ4v) is 2.89. The lowest BCUT2D eigenvalue weighted by molar-refractivity contribution is -0.121. The van der Waals surface area contributed by atoms with Crippen molar-refractivity contribution in [3.63, 3.8) is 0 Å². The van der Waals surface area contributed by atoms with Crippen molar-refractivity contribution in [3.8, 4) is 0 Å². The average molecular weight is 311 g/mol. The SMILES string of the molecule is Cc1cccnc1CC(=O)N[C@@H]1COC[C@H]1Cc1ccncc1. The predicted octanol–water partition coefficient (Wildman–Crippen LogP) is 1.70. The molecule has 2 aromatic heterocycles. The maximum absolute atomic E-state index is 12.3. The van der Waals surface area contributed by atoms with E-state index in [2.05, 4.69) is 15.3 Å². The molecule has 0 saturated carbocycles. The third-order valence-corrected chi connectivity index (χ3v) is 4.24. The number of carbonyl (C=O) groups excluding carboxylic acids is 1. The zero-order valence-electron chi connectivity index (χ0n) is 13.2. The van der Waals surface area contributed by atoms with Gasteiger partial charge in [0.05, 0.1) is 31.4 Å². The second kappa shape index (κ2) is 7.33. The van der Waals surface area contributed by atoms with Crippen LogP contribution in [0.25, 0.3) is 0 Å². The molecule has 0 bridgehead atoms. The van der Waals surface area contributed by atoms with E-state index in [0.717, 1.165) is 17.7 Å². The Labute approximate surface area is 136 Å². The minimum Gasteiger partial charge on any atom is -0.379 e. The number of nitrogens with one attached hydrogen (secondary N) is 1. The highest BCUT2D eigenvalue weighted by molar-refractivity contribution is 5.78. The number of amides is 1. The van der Waals surface area contributed by atoms with Gasteiger partial charge in [0, 0.05) is 24.5 Å². The standard InChI is InChI=1S/C18H21N3O2/c1-13-3-2-6-20-16(13)10-18(22)21-17-12-23-11-15(17)9-14-4-7-19-8-5-14/h2-8,15,17H,9-12H2,1H3,(H,21,22)/t15-,17-/m1/s1. The molecular weight excluding hydrogens is 290 g/mol. The largest absolute Gasteiger partial charge is 0.379 e. The van der Waals surface area contributed by atoms with Gasteiger partial charge in [0.25, 0.3) is 0 Å². The van der Waals surface area contributed by atoms with Crippen molar-refractivity contribution in [2.45, 2.75) is 25.8 Å². The van der Waals surface area contributed by atoms with Gasteiger partial charge in [-0.1, -0.05) is 6.07 Å². The molecule has 23 heavy (non-hydrogen) atoms. The fraction of sp³-hybridized carbons (Fsp3) is 0.389. The summed E-state index contributed by atoms with van der Waals surface area (Å²) in [7, 11) is 0. The second-order valence-electron chi connectivity index (χ2n) is 5.97. The number of aryl methyl sites for hydroxylation is 1. The summed E-state index contributed by atoms with van der Waals surface area (Å²) >= 11 is 0. The molecule has 0 radical (unpaired) electrons. The van der Waals surface area contributed by atoms with E-state index < -0.39 is 0 Å². The molecule has 1 amide bonds. The van der Waals surface area contributed by atoms with Crippen molar-refractivity contribution < 1.29 is 9.53 Å². The molecule has 1 saturated heterocycles. The first-order valence-electron chi connectivity index (χ1n) is 7.89. The van der Waals surface area contributed by atoms with Crippen LogP contribution in [0.15, 0.2) is 42.9 Å². The number of nitrogens with zero attached hydrogens (tertiary/aromatic N) is 2. The Balaban J connectivity index is 1.58. The van der Waals surface area contributed by atoms with E-state index in [4.69, 9.17) is 4.74 Å². The summed E-state index contributed by atoms with van der Waals surface area (Å²) in [6.45, 7) is 3.22. The molecule has 0 aliphatic carbocycles. The van der Waals surface area contributed by atoms with Gasteiger partial charge in [-0.3, -0.25) is 14.8 Å². The lowest BCUT2D eigenvalue weighted by Crippen LogP contribution is -2.41. The van der Waals surface area contributed by atoms with Crippen LogP contribution in [-0.2, 0) is 22.4 Å². The average Bonchev–Trinajstić information content (AvgIpc) is 2.97. The number of carbonyl (C=O) groups is 1. The van der Waals surface area contributed by atoms with Crippen LogP contribution in [0.2, 0.25) is 0 Å². The van der Waals surface area contributed by atoms with E-state index in [1.807, 2.05) is 31.2 Å². The van der Waals surface area contributed by atoms with Gasteiger partial charge in [-0.2, -0.15) is 0 Å². The van der Waals surface area contributed by atoms with Crippen LogP contribution in [-0.4, -0.2) is 35.1 Å². The zero-order chi connectivity index (χ0) is 16.1. The van der Waals surface area contributed by atoms with Gasteiger partial charge < -0.3 is 10.1 Å². The second-order valence-corrected chi connectivity index (χ2v) is 5.97. The normalized spacial score (nSPS) is 20.4. The molecule has 0 aromatic carbocycles. The van der Waals surface area contributed by atoms with E-state index in [1.165, 1.54) is 5.56 Å². The Morgan fingerprint density at radius 2 is 2.09 bits per heavy atom. The molecule has 120 valence electrons. The third kappa shape index (κ3) is 4.13. The lowest BCUT2D eigenvalue weighted by Gasteiger charge is -2.19. The molecule has 5 nitrogen and oxygen atoms in total. The molecule has 1 aliphatic heterocycles. The van der Waals surface area contributed by atoms with Crippen molar-refractivity contribution in [2.75, 3.05) is 13.2 Å². The van der Waals surface area contributed by atoms with Gasteiger partial charge >= 0.3 is 0 Å². The lowest BCUT2D eigenvalue weighted by atomic mass is 9.95. The summed E-state index contributed by atoms with van der Waals surface area (Å²) in [5, 5.41) is 3.11. The number of hydrogen-bond donors (Lipinski definition) is 1. The molecular formula is C18H21N3O2. The van der Waals surface area contributed by atoms with Crippen LogP contribution in [0, 0.1) is 12.8 Å². The fourth-order valence-electron chi connectivity index (χ4n) is 2.89. The van der Waals surface area contributed by atoms with Crippen molar-refractivity contribution in [1.82, 2.24) is 15.3 Å². The van der Waals surface area contributed by atoms with Gasteiger partial charge in [-0.05, 0) is 42.7 Å². The number of hydrogen-bond acceptors (Lipinski definition) is 4. The van der Waals surface area contributed by atoms with E-state index in [1.54, 1.807) is 18.6 Å². The first kappa shape index (κ1) is 15.6. The van der Waals surface area contributed by atoms with Crippen LogP contribution in [0.4, 0.5) is 0 Å². The summed E-state index contributed by atoms with van der Waals surface area (Å²) < 4.78 is 5.57. The van der Waals surface area contributed by atoms with Gasteiger partial charge in [-0.15, -0.1) is 0 Å². The van der Waals surface area contributed by atoms with Gasteiger partial charge in [0.15, 0.2) is 0 Å². The Hall–Kier alpha value is -2.27. The molecule has 2 aromatic rings. The van der Waals surface area contributed by atoms with Crippen molar-refractivity contribution in [2.24, 2.45) is 5.92 Å². The quantitative estimate of drug-likeness (QED) is 0.913. The molecule has 1 fully saturated rings. The molecule has 2 atom stereocenters.